The van der Waals surface area contributed by atoms with Gasteiger partial charge in [-0.05, 0) is 48.9 Å². The number of nitrogens with two attached hydrogens (primary N) is 1. The molecule has 4 rings (SSSR count). The molecule has 1 aromatic heterocycles. The van der Waals surface area contributed by atoms with Gasteiger partial charge in [0.05, 0.1) is 12.9 Å². The second-order valence-corrected chi connectivity index (χ2v) is 10.0. The van der Waals surface area contributed by atoms with Crippen molar-refractivity contribution in [1.29, 1.82) is 0 Å². The largest absolute Gasteiger partial charge is 0.497 e. The van der Waals surface area contributed by atoms with Gasteiger partial charge in [-0.15, -0.1) is 0 Å². The number of sulfonamides is 1. The molecule has 0 radical (unpaired) electrons. The maximum absolute atomic E-state index is 14.8. The van der Waals surface area contributed by atoms with Crippen molar-refractivity contribution in [2.75, 3.05) is 19.9 Å². The predicted molar refractivity (Wildman–Crippen MR) is 118 cm³/mol. The van der Waals surface area contributed by atoms with Crippen LogP contribution in [0.1, 0.15) is 28.6 Å². The van der Waals surface area contributed by atoms with Crippen LogP contribution in [0, 0.1) is 11.6 Å². The lowest BCUT2D eigenvalue weighted by Gasteiger charge is -2.34. The molecule has 3 aromatic rings. The molecule has 0 saturated carbocycles. The average Bonchev–Trinajstić information content (AvgIpc) is 3.17. The number of ketones is 1. The number of hydrogen-bond donors (Lipinski definition) is 1. The number of furan rings is 1. The summed E-state index contributed by atoms with van der Waals surface area (Å²) < 4.78 is 65.6. The highest BCUT2D eigenvalue weighted by Crippen LogP contribution is 2.35. The number of hydrogen-bond acceptors (Lipinski definition) is 7. The van der Waals surface area contributed by atoms with Crippen LogP contribution in [0.25, 0.3) is 11.0 Å². The van der Waals surface area contributed by atoms with E-state index in [0.29, 0.717) is 16.7 Å². The van der Waals surface area contributed by atoms with Crippen molar-refractivity contribution in [1.82, 2.24) is 4.31 Å². The van der Waals surface area contributed by atoms with Gasteiger partial charge in [0, 0.05) is 24.4 Å². The summed E-state index contributed by atoms with van der Waals surface area (Å²) in [7, 11) is -1.16. The van der Waals surface area contributed by atoms with E-state index in [1.807, 2.05) is 0 Å². The van der Waals surface area contributed by atoms with Gasteiger partial charge < -0.3 is 14.9 Å². The van der Waals surface area contributed by atoms with Crippen molar-refractivity contribution >= 4 is 32.7 Å². The quantitative estimate of drug-likeness (QED) is 0.565. The Labute approximate surface area is 188 Å². The average molecular weight is 477 g/mol. The van der Waals surface area contributed by atoms with E-state index in [4.69, 9.17) is 14.9 Å². The van der Waals surface area contributed by atoms with Gasteiger partial charge in [-0.1, -0.05) is 0 Å². The number of fused-ring (bicyclic) bond motifs is 1. The zero-order valence-electron chi connectivity index (χ0n) is 18.1. The number of Topliss-reactive ketones (excluding diaryl/α,β-unsaturated/α-hetero) is 1. The minimum Gasteiger partial charge on any atom is -0.497 e. The zero-order valence-corrected chi connectivity index (χ0v) is 18.9. The molecule has 1 atom stereocenters. The number of carbonyl (C=O) groups excluding carboxylic acids is 1. The fraction of sp³-hybridized carbons (Fsp3) is 0.273. The van der Waals surface area contributed by atoms with E-state index in [2.05, 4.69) is 4.99 Å². The van der Waals surface area contributed by atoms with Crippen LogP contribution in [-0.2, 0) is 22.0 Å². The van der Waals surface area contributed by atoms with Crippen LogP contribution in [0.4, 0.5) is 8.78 Å². The van der Waals surface area contributed by atoms with E-state index in [0.717, 1.165) is 10.4 Å². The molecular weight excluding hydrogens is 456 g/mol. The summed E-state index contributed by atoms with van der Waals surface area (Å²) >= 11 is 0. The number of ether oxygens (including phenoxy) is 1. The standard InChI is InChI=1S/C22H21F2N3O5S/c1-22(11-33(29,30)27(2)21(25)26-22)15-6-12(7-16(23)20(15)24)8-17(28)19-10-13-9-14(31-3)4-5-18(13)32-19/h4-7,9-10H,8,11H2,1-3H3,(H2,25,26)/t22-/m0/s1. The molecule has 0 bridgehead atoms. The summed E-state index contributed by atoms with van der Waals surface area (Å²) in [6, 6.07) is 8.71. The molecule has 2 heterocycles. The van der Waals surface area contributed by atoms with Crippen molar-refractivity contribution in [3.8, 4) is 5.75 Å². The van der Waals surface area contributed by atoms with Crippen LogP contribution in [0.15, 0.2) is 45.8 Å². The Morgan fingerprint density at radius 1 is 1.27 bits per heavy atom. The van der Waals surface area contributed by atoms with Gasteiger partial charge in [0.25, 0.3) is 0 Å². The molecule has 11 heteroatoms. The first-order valence-electron chi connectivity index (χ1n) is 9.84. The Balaban J connectivity index is 1.70. The second-order valence-electron chi connectivity index (χ2n) is 8.02. The van der Waals surface area contributed by atoms with Crippen LogP contribution in [0.5, 0.6) is 5.75 Å². The second kappa shape index (κ2) is 7.84. The number of carbonyl (C=O) groups is 1. The molecule has 0 spiro atoms. The van der Waals surface area contributed by atoms with E-state index in [9.17, 15) is 22.0 Å². The summed E-state index contributed by atoms with van der Waals surface area (Å²) in [5.41, 5.74) is 4.34. The van der Waals surface area contributed by atoms with Crippen molar-refractivity contribution in [3.05, 3.63) is 64.9 Å². The van der Waals surface area contributed by atoms with Crippen LogP contribution in [0.2, 0.25) is 0 Å². The van der Waals surface area contributed by atoms with Crippen LogP contribution in [0.3, 0.4) is 0 Å². The lowest BCUT2D eigenvalue weighted by molar-refractivity contribution is 0.0968. The summed E-state index contributed by atoms with van der Waals surface area (Å²) in [4.78, 5) is 16.9. The maximum atomic E-state index is 14.8. The molecule has 0 unspecified atom stereocenters. The third kappa shape index (κ3) is 4.04. The maximum Gasteiger partial charge on any atom is 0.239 e. The monoisotopic (exact) mass is 477 g/mol. The fourth-order valence-electron chi connectivity index (χ4n) is 3.79. The molecule has 8 nitrogen and oxygen atoms in total. The van der Waals surface area contributed by atoms with E-state index in [1.165, 1.54) is 33.2 Å². The molecule has 174 valence electrons. The smallest absolute Gasteiger partial charge is 0.239 e. The zero-order chi connectivity index (χ0) is 24.1. The van der Waals surface area contributed by atoms with Crippen molar-refractivity contribution in [2.45, 2.75) is 18.9 Å². The van der Waals surface area contributed by atoms with Gasteiger partial charge in [0.2, 0.25) is 21.8 Å². The molecule has 2 aromatic carbocycles. The first-order valence-corrected chi connectivity index (χ1v) is 11.5. The Bertz CT molecular complexity index is 1420. The molecule has 0 aliphatic carbocycles. The molecular formula is C22H21F2N3O5S. The topological polar surface area (TPSA) is 115 Å². The van der Waals surface area contributed by atoms with E-state index in [-0.39, 0.29) is 29.3 Å². The van der Waals surface area contributed by atoms with Gasteiger partial charge in [-0.3, -0.25) is 4.79 Å². The Morgan fingerprint density at radius 2 is 2.00 bits per heavy atom. The molecule has 1 aliphatic rings. The van der Waals surface area contributed by atoms with Gasteiger partial charge >= 0.3 is 0 Å². The highest BCUT2D eigenvalue weighted by Gasteiger charge is 2.42. The molecule has 0 saturated heterocycles. The van der Waals surface area contributed by atoms with Crippen molar-refractivity contribution < 1.29 is 31.1 Å². The Hall–Kier alpha value is -3.47. The highest BCUT2D eigenvalue weighted by molar-refractivity contribution is 7.89. The van der Waals surface area contributed by atoms with Crippen LogP contribution >= 0.6 is 0 Å². The lowest BCUT2D eigenvalue weighted by Crippen LogP contribution is -2.50. The molecule has 33 heavy (non-hydrogen) atoms. The van der Waals surface area contributed by atoms with Crippen molar-refractivity contribution in [2.24, 2.45) is 10.7 Å². The van der Waals surface area contributed by atoms with Gasteiger partial charge in [0.1, 0.15) is 16.9 Å². The highest BCUT2D eigenvalue weighted by atomic mass is 32.2. The van der Waals surface area contributed by atoms with Gasteiger partial charge in [-0.25, -0.2) is 26.5 Å². The van der Waals surface area contributed by atoms with E-state index in [1.54, 1.807) is 18.2 Å². The Morgan fingerprint density at radius 3 is 2.67 bits per heavy atom. The summed E-state index contributed by atoms with van der Waals surface area (Å²) in [6.45, 7) is 1.35. The number of halogens is 2. The number of rotatable bonds is 5. The van der Waals surface area contributed by atoms with Gasteiger partial charge in [-0.2, -0.15) is 0 Å². The fourth-order valence-corrected chi connectivity index (χ4v) is 5.24. The van der Waals surface area contributed by atoms with Crippen LogP contribution in [-0.4, -0.2) is 44.4 Å². The first kappa shape index (κ1) is 22.7. The SMILES string of the molecule is COc1ccc2oc(C(=O)Cc3cc(F)c(F)c([C@]4(C)CS(=O)(=O)N(C)C(N)=N4)c3)cc2c1. The van der Waals surface area contributed by atoms with Crippen molar-refractivity contribution in [3.63, 3.8) is 0 Å². The van der Waals surface area contributed by atoms with Gasteiger partial charge in [0.15, 0.2) is 17.4 Å². The molecule has 1 aliphatic heterocycles. The number of benzene rings is 2. The summed E-state index contributed by atoms with van der Waals surface area (Å²) in [6.07, 6.45) is -0.302. The number of guanidine groups is 1. The first-order chi connectivity index (χ1) is 15.4. The van der Waals surface area contributed by atoms with Crippen LogP contribution < -0.4 is 10.5 Å². The third-order valence-electron chi connectivity index (χ3n) is 5.60. The number of methoxy groups -OCH3 is 1. The number of aliphatic imine (C=N–C) groups is 1. The predicted octanol–water partition coefficient (Wildman–Crippen LogP) is 2.95. The minimum atomic E-state index is -3.90. The lowest BCUT2D eigenvalue weighted by atomic mass is 9.91. The molecule has 0 amide bonds. The Kier molecular flexibility index (Phi) is 5.39. The number of nitrogens with zero attached hydrogens (tertiary/aromatic N) is 2. The van der Waals surface area contributed by atoms with E-state index < -0.39 is 38.7 Å². The molecule has 0 fully saturated rings. The summed E-state index contributed by atoms with van der Waals surface area (Å²) in [5, 5.41) is 0.650. The molecule has 2 N–H and O–H groups in total. The third-order valence-corrected chi connectivity index (χ3v) is 7.54. The minimum absolute atomic E-state index is 0.0416. The summed E-state index contributed by atoms with van der Waals surface area (Å²) in [5.74, 6) is -3.27. The normalized spacial score (nSPS) is 20.0. The van der Waals surface area contributed by atoms with E-state index >= 15 is 0 Å².